The fourth-order valence-electron chi connectivity index (χ4n) is 3.37. The van der Waals surface area contributed by atoms with E-state index >= 15 is 0 Å². The zero-order chi connectivity index (χ0) is 22.6. The van der Waals surface area contributed by atoms with Crippen LogP contribution in [0.3, 0.4) is 0 Å². The molecule has 2 saturated heterocycles. The summed E-state index contributed by atoms with van der Waals surface area (Å²) in [5.41, 5.74) is 8.11. The Morgan fingerprint density at radius 3 is 2.97 bits per heavy atom. The van der Waals surface area contributed by atoms with E-state index in [9.17, 15) is 9.90 Å². The van der Waals surface area contributed by atoms with E-state index in [1.807, 2.05) is 0 Å². The van der Waals surface area contributed by atoms with Crippen LogP contribution in [-0.2, 0) is 14.3 Å². The Morgan fingerprint density at radius 2 is 2.25 bits per heavy atom. The van der Waals surface area contributed by atoms with E-state index in [1.165, 1.54) is 0 Å². The monoisotopic (exact) mass is 441 g/mol. The molecule has 0 unspecified atom stereocenters. The molecule has 2 fully saturated rings. The molecule has 1 aromatic heterocycles. The number of carbonyl (C=O) groups is 1. The Balaban J connectivity index is 1.59. The van der Waals surface area contributed by atoms with Gasteiger partial charge in [0, 0.05) is 25.0 Å². The standard InChI is InChI=1S/C21H23N5O6/c22-9-13-2-1-3-14(8-13)18-24-17(23)16(20(25-18)32-15-4-6-29-10-15)19(27)26-31-12-21(28)5-7-30-11-21/h1-3,8,15,28H,4-7,10-12H2,(H,26,27)(H2,23,24,25)/t15-,21+/m0/s1. The molecule has 32 heavy (non-hydrogen) atoms. The van der Waals surface area contributed by atoms with Crippen LogP contribution < -0.4 is 16.0 Å². The van der Waals surface area contributed by atoms with Gasteiger partial charge in [-0.25, -0.2) is 10.5 Å². The minimum atomic E-state index is -1.16. The van der Waals surface area contributed by atoms with Crippen LogP contribution in [0.15, 0.2) is 24.3 Å². The molecule has 3 heterocycles. The molecule has 2 aromatic rings. The van der Waals surface area contributed by atoms with Crippen molar-refractivity contribution in [3.63, 3.8) is 0 Å². The summed E-state index contributed by atoms with van der Waals surface area (Å²) in [6.07, 6.45) is 0.736. The van der Waals surface area contributed by atoms with Gasteiger partial charge < -0.3 is 25.1 Å². The molecule has 11 nitrogen and oxygen atoms in total. The quantitative estimate of drug-likeness (QED) is 0.518. The Bertz CT molecular complexity index is 1030. The minimum Gasteiger partial charge on any atom is -0.471 e. The third-order valence-corrected chi connectivity index (χ3v) is 5.14. The summed E-state index contributed by atoms with van der Waals surface area (Å²) >= 11 is 0. The van der Waals surface area contributed by atoms with E-state index in [0.717, 1.165) is 0 Å². The number of nitrogens with one attached hydrogen (secondary N) is 1. The summed E-state index contributed by atoms with van der Waals surface area (Å²) in [4.78, 5) is 26.7. The molecule has 4 N–H and O–H groups in total. The van der Waals surface area contributed by atoms with E-state index in [2.05, 4.69) is 21.5 Å². The van der Waals surface area contributed by atoms with Crippen LogP contribution in [0.25, 0.3) is 11.4 Å². The SMILES string of the molecule is N#Cc1cccc(-c2nc(N)c(C(=O)NOC[C@@]3(O)CCOC3)c(O[C@H]3CCOC3)n2)c1. The molecule has 4 rings (SSSR count). The summed E-state index contributed by atoms with van der Waals surface area (Å²) < 4.78 is 16.4. The number of amides is 1. The lowest BCUT2D eigenvalue weighted by Crippen LogP contribution is -2.39. The number of anilines is 1. The van der Waals surface area contributed by atoms with E-state index < -0.39 is 11.5 Å². The molecule has 2 aliphatic rings. The van der Waals surface area contributed by atoms with Crippen LogP contribution >= 0.6 is 0 Å². The Kier molecular flexibility index (Phi) is 6.48. The number of benzene rings is 1. The number of hydrogen-bond donors (Lipinski definition) is 3. The van der Waals surface area contributed by atoms with Crippen molar-refractivity contribution in [1.82, 2.24) is 15.4 Å². The molecule has 0 aliphatic carbocycles. The number of nitrogens with zero attached hydrogens (tertiary/aromatic N) is 3. The van der Waals surface area contributed by atoms with Crippen molar-refractivity contribution in [1.29, 1.82) is 5.26 Å². The van der Waals surface area contributed by atoms with Crippen LogP contribution in [0.5, 0.6) is 5.88 Å². The predicted octanol–water partition coefficient (Wildman–Crippen LogP) is 0.578. The second kappa shape index (κ2) is 9.46. The summed E-state index contributed by atoms with van der Waals surface area (Å²) in [6.45, 7) is 1.29. The molecule has 2 atom stereocenters. The van der Waals surface area contributed by atoms with Crippen LogP contribution in [0, 0.1) is 11.3 Å². The van der Waals surface area contributed by atoms with Gasteiger partial charge in [-0.1, -0.05) is 12.1 Å². The summed E-state index contributed by atoms with van der Waals surface area (Å²) in [6, 6.07) is 8.76. The first-order chi connectivity index (χ1) is 15.5. The van der Waals surface area contributed by atoms with E-state index in [4.69, 9.17) is 30.0 Å². The number of nitrogen functional groups attached to an aromatic ring is 1. The Morgan fingerprint density at radius 1 is 1.38 bits per heavy atom. The van der Waals surface area contributed by atoms with Crippen LogP contribution in [-0.4, -0.2) is 65.7 Å². The maximum Gasteiger partial charge on any atom is 0.284 e. The van der Waals surface area contributed by atoms with Gasteiger partial charge in [-0.3, -0.25) is 9.63 Å². The van der Waals surface area contributed by atoms with E-state index in [0.29, 0.717) is 43.8 Å². The summed E-state index contributed by atoms with van der Waals surface area (Å²) in [5, 5.41) is 19.4. The minimum absolute atomic E-state index is 0.0191. The number of aliphatic hydroxyl groups is 1. The highest BCUT2D eigenvalue weighted by molar-refractivity contribution is 6.00. The molecular formula is C21H23N5O6. The number of carbonyl (C=O) groups excluding carboxylic acids is 1. The average Bonchev–Trinajstić information content (AvgIpc) is 3.45. The first-order valence-corrected chi connectivity index (χ1v) is 10.1. The van der Waals surface area contributed by atoms with E-state index in [1.54, 1.807) is 24.3 Å². The van der Waals surface area contributed by atoms with Crippen molar-refractivity contribution in [2.45, 2.75) is 24.5 Å². The van der Waals surface area contributed by atoms with Gasteiger partial charge in [-0.2, -0.15) is 10.2 Å². The molecule has 0 radical (unpaired) electrons. The molecule has 168 valence electrons. The highest BCUT2D eigenvalue weighted by Gasteiger charge is 2.33. The number of nitrogens with two attached hydrogens (primary N) is 1. The normalized spacial score (nSPS) is 22.4. The van der Waals surface area contributed by atoms with Gasteiger partial charge in [0.1, 0.15) is 29.7 Å². The maximum atomic E-state index is 12.8. The van der Waals surface area contributed by atoms with Gasteiger partial charge in [0.2, 0.25) is 5.88 Å². The zero-order valence-corrected chi connectivity index (χ0v) is 17.2. The van der Waals surface area contributed by atoms with Gasteiger partial charge in [0.25, 0.3) is 5.91 Å². The van der Waals surface area contributed by atoms with Crippen molar-refractivity contribution in [2.24, 2.45) is 0 Å². The van der Waals surface area contributed by atoms with Gasteiger partial charge in [-0.15, -0.1) is 0 Å². The Labute approximate surface area is 184 Å². The largest absolute Gasteiger partial charge is 0.471 e. The number of rotatable bonds is 7. The number of aromatic nitrogens is 2. The van der Waals surface area contributed by atoms with Crippen molar-refractivity contribution < 1.29 is 28.9 Å². The highest BCUT2D eigenvalue weighted by Crippen LogP contribution is 2.28. The number of ether oxygens (including phenoxy) is 3. The zero-order valence-electron chi connectivity index (χ0n) is 17.2. The van der Waals surface area contributed by atoms with Crippen LogP contribution in [0.2, 0.25) is 0 Å². The average molecular weight is 441 g/mol. The predicted molar refractivity (Wildman–Crippen MR) is 110 cm³/mol. The van der Waals surface area contributed by atoms with Crippen LogP contribution in [0.1, 0.15) is 28.8 Å². The van der Waals surface area contributed by atoms with Crippen molar-refractivity contribution >= 4 is 11.7 Å². The van der Waals surface area contributed by atoms with E-state index in [-0.39, 0.29) is 42.4 Å². The van der Waals surface area contributed by atoms with Crippen molar-refractivity contribution in [3.8, 4) is 23.3 Å². The number of hydrogen-bond acceptors (Lipinski definition) is 10. The van der Waals surface area contributed by atoms with Gasteiger partial charge >= 0.3 is 0 Å². The summed E-state index contributed by atoms with van der Waals surface area (Å²) in [7, 11) is 0. The molecule has 1 aromatic carbocycles. The first-order valence-electron chi connectivity index (χ1n) is 10.1. The molecule has 0 spiro atoms. The van der Waals surface area contributed by atoms with Crippen LogP contribution in [0.4, 0.5) is 5.82 Å². The smallest absolute Gasteiger partial charge is 0.284 e. The van der Waals surface area contributed by atoms with Gasteiger partial charge in [0.05, 0.1) is 31.5 Å². The lowest BCUT2D eigenvalue weighted by atomic mass is 10.1. The first kappa shape index (κ1) is 21.9. The molecule has 0 saturated carbocycles. The summed E-state index contributed by atoms with van der Waals surface area (Å²) in [5.74, 6) is -0.635. The lowest BCUT2D eigenvalue weighted by molar-refractivity contribution is -0.0733. The molecular weight excluding hydrogens is 418 g/mol. The second-order valence-corrected chi connectivity index (χ2v) is 7.66. The van der Waals surface area contributed by atoms with Gasteiger partial charge in [-0.05, 0) is 12.1 Å². The second-order valence-electron chi connectivity index (χ2n) is 7.66. The van der Waals surface area contributed by atoms with Crippen molar-refractivity contribution in [3.05, 3.63) is 35.4 Å². The molecule has 0 bridgehead atoms. The maximum absolute atomic E-state index is 12.8. The Hall–Kier alpha value is -3.30. The third kappa shape index (κ3) is 4.95. The van der Waals surface area contributed by atoms with Gasteiger partial charge in [0.15, 0.2) is 5.82 Å². The lowest BCUT2D eigenvalue weighted by Gasteiger charge is -2.20. The fourth-order valence-corrected chi connectivity index (χ4v) is 3.37. The highest BCUT2D eigenvalue weighted by atomic mass is 16.7. The third-order valence-electron chi connectivity index (χ3n) is 5.14. The molecule has 1 amide bonds. The fraction of sp³-hybridized carbons (Fsp3) is 0.429. The molecule has 11 heteroatoms. The van der Waals surface area contributed by atoms with Crippen molar-refractivity contribution in [2.75, 3.05) is 38.8 Å². The topological polar surface area (TPSA) is 162 Å². The molecule has 2 aliphatic heterocycles. The number of hydroxylamine groups is 1. The number of nitriles is 1.